The number of pyridine rings is 1. The molecule has 0 spiro atoms. The van der Waals surface area contributed by atoms with Crippen molar-refractivity contribution >= 4 is 39.4 Å². The predicted molar refractivity (Wildman–Crippen MR) is 74.0 cm³/mol. The van der Waals surface area contributed by atoms with Gasteiger partial charge >= 0.3 is 5.97 Å². The standard InChI is InChI=1S/C14H8ClNO3/c15-10-6-2-4-8-12(10)16-11-7(13(8)17)3-1-5-9(11)14(18)19/h1-6H,(H,16,17)(H,18,19). The average Bonchev–Trinajstić information content (AvgIpc) is 2.39. The molecule has 1 heterocycles. The molecule has 0 saturated carbocycles. The maximum absolute atomic E-state index is 12.3. The fourth-order valence-electron chi connectivity index (χ4n) is 2.16. The smallest absolute Gasteiger partial charge is 0.337 e. The van der Waals surface area contributed by atoms with E-state index in [2.05, 4.69) is 4.98 Å². The van der Waals surface area contributed by atoms with Gasteiger partial charge < -0.3 is 10.1 Å². The molecule has 0 atom stereocenters. The molecule has 0 saturated heterocycles. The zero-order chi connectivity index (χ0) is 13.6. The molecule has 3 aromatic rings. The van der Waals surface area contributed by atoms with Gasteiger partial charge in [0.05, 0.1) is 21.6 Å². The summed E-state index contributed by atoms with van der Waals surface area (Å²) >= 11 is 6.04. The van der Waals surface area contributed by atoms with Gasteiger partial charge in [0, 0.05) is 10.8 Å². The number of nitrogens with one attached hydrogen (secondary N) is 1. The fraction of sp³-hybridized carbons (Fsp3) is 0. The van der Waals surface area contributed by atoms with Crippen LogP contribution in [0, 0.1) is 0 Å². The van der Waals surface area contributed by atoms with Gasteiger partial charge in [0.2, 0.25) is 0 Å². The van der Waals surface area contributed by atoms with E-state index in [-0.39, 0.29) is 11.0 Å². The molecule has 0 unspecified atom stereocenters. The Bertz CT molecular complexity index is 883. The number of aromatic nitrogens is 1. The minimum atomic E-state index is -1.09. The number of hydrogen-bond donors (Lipinski definition) is 2. The van der Waals surface area contributed by atoms with E-state index in [1.807, 2.05) is 0 Å². The van der Waals surface area contributed by atoms with E-state index in [9.17, 15) is 9.59 Å². The van der Waals surface area contributed by atoms with Gasteiger partial charge in [-0.3, -0.25) is 4.79 Å². The molecule has 0 aliphatic rings. The quantitative estimate of drug-likeness (QED) is 0.670. The summed E-state index contributed by atoms with van der Waals surface area (Å²) in [7, 11) is 0. The van der Waals surface area contributed by atoms with Gasteiger partial charge in [0.1, 0.15) is 0 Å². The predicted octanol–water partition coefficient (Wildman–Crippen LogP) is 3.03. The van der Waals surface area contributed by atoms with Crippen LogP contribution in [0.2, 0.25) is 5.02 Å². The van der Waals surface area contributed by atoms with Crippen molar-refractivity contribution in [1.82, 2.24) is 4.98 Å². The van der Waals surface area contributed by atoms with Crippen LogP contribution in [-0.2, 0) is 0 Å². The van der Waals surface area contributed by atoms with Crippen molar-refractivity contribution in [2.24, 2.45) is 0 Å². The van der Waals surface area contributed by atoms with Crippen LogP contribution < -0.4 is 5.43 Å². The van der Waals surface area contributed by atoms with E-state index in [4.69, 9.17) is 16.7 Å². The lowest BCUT2D eigenvalue weighted by Gasteiger charge is -2.06. The summed E-state index contributed by atoms with van der Waals surface area (Å²) in [6, 6.07) is 9.59. The van der Waals surface area contributed by atoms with E-state index in [1.54, 1.807) is 30.3 Å². The average molecular weight is 274 g/mol. The van der Waals surface area contributed by atoms with Gasteiger partial charge in [-0.1, -0.05) is 23.7 Å². The van der Waals surface area contributed by atoms with Crippen molar-refractivity contribution in [3.63, 3.8) is 0 Å². The largest absolute Gasteiger partial charge is 0.478 e. The number of carboxylic acid groups (broad SMARTS) is 1. The third-order valence-electron chi connectivity index (χ3n) is 3.05. The summed E-state index contributed by atoms with van der Waals surface area (Å²) in [5.74, 6) is -1.09. The summed E-state index contributed by atoms with van der Waals surface area (Å²) in [6.45, 7) is 0. The fourth-order valence-corrected chi connectivity index (χ4v) is 2.39. The maximum Gasteiger partial charge on any atom is 0.337 e. The normalized spacial score (nSPS) is 11.0. The second-order valence-corrected chi connectivity index (χ2v) is 4.56. The number of para-hydroxylation sites is 2. The number of benzene rings is 2. The summed E-state index contributed by atoms with van der Waals surface area (Å²) in [5.41, 5.74) is 0.571. The molecule has 0 bridgehead atoms. The van der Waals surface area contributed by atoms with Crippen molar-refractivity contribution < 1.29 is 9.90 Å². The highest BCUT2D eigenvalue weighted by atomic mass is 35.5. The molecule has 1 aromatic heterocycles. The van der Waals surface area contributed by atoms with Crippen molar-refractivity contribution in [3.8, 4) is 0 Å². The Labute approximate surface area is 112 Å². The van der Waals surface area contributed by atoms with E-state index in [0.29, 0.717) is 26.8 Å². The molecule has 0 fully saturated rings. The third kappa shape index (κ3) is 1.69. The molecule has 4 nitrogen and oxygen atoms in total. The highest BCUT2D eigenvalue weighted by molar-refractivity contribution is 6.35. The Morgan fingerprint density at radius 3 is 2.37 bits per heavy atom. The zero-order valence-electron chi connectivity index (χ0n) is 9.61. The third-order valence-corrected chi connectivity index (χ3v) is 3.36. The first-order valence-electron chi connectivity index (χ1n) is 5.56. The zero-order valence-corrected chi connectivity index (χ0v) is 10.4. The monoisotopic (exact) mass is 273 g/mol. The lowest BCUT2D eigenvalue weighted by molar-refractivity contribution is 0.0699. The number of halogens is 1. The molecule has 3 rings (SSSR count). The number of aromatic carboxylic acids is 1. The molecule has 0 aliphatic heterocycles. The number of aromatic amines is 1. The van der Waals surface area contributed by atoms with Crippen molar-refractivity contribution in [3.05, 3.63) is 57.2 Å². The first-order valence-corrected chi connectivity index (χ1v) is 5.94. The lowest BCUT2D eigenvalue weighted by atomic mass is 10.1. The van der Waals surface area contributed by atoms with E-state index >= 15 is 0 Å². The molecule has 0 aliphatic carbocycles. The number of carboxylic acids is 1. The molecular formula is C14H8ClNO3. The lowest BCUT2D eigenvalue weighted by Crippen LogP contribution is -2.08. The number of H-pyrrole nitrogens is 1. The van der Waals surface area contributed by atoms with Crippen molar-refractivity contribution in [2.75, 3.05) is 0 Å². The molecule has 5 heteroatoms. The number of rotatable bonds is 1. The Hall–Kier alpha value is -2.33. The van der Waals surface area contributed by atoms with E-state index in [0.717, 1.165) is 0 Å². The maximum atomic E-state index is 12.3. The van der Waals surface area contributed by atoms with Crippen molar-refractivity contribution in [1.29, 1.82) is 0 Å². The second kappa shape index (κ2) is 4.10. The van der Waals surface area contributed by atoms with Gasteiger partial charge in [0.25, 0.3) is 0 Å². The highest BCUT2D eigenvalue weighted by Gasteiger charge is 2.13. The van der Waals surface area contributed by atoms with Crippen LogP contribution in [0.4, 0.5) is 0 Å². The molecule has 94 valence electrons. The van der Waals surface area contributed by atoms with Crippen LogP contribution in [0.25, 0.3) is 21.8 Å². The Balaban J connectivity index is 2.62. The SMILES string of the molecule is O=C(O)c1cccc2c(=O)c3cccc(Cl)c3[nH]c12. The van der Waals surface area contributed by atoms with Crippen LogP contribution in [0.15, 0.2) is 41.2 Å². The highest BCUT2D eigenvalue weighted by Crippen LogP contribution is 2.23. The number of fused-ring (bicyclic) bond motifs is 2. The first kappa shape index (κ1) is 11.7. The molecule has 19 heavy (non-hydrogen) atoms. The number of carbonyl (C=O) groups is 1. The Morgan fingerprint density at radius 2 is 1.68 bits per heavy atom. The van der Waals surface area contributed by atoms with E-state index in [1.165, 1.54) is 6.07 Å². The van der Waals surface area contributed by atoms with Gasteiger partial charge in [-0.15, -0.1) is 0 Å². The second-order valence-electron chi connectivity index (χ2n) is 4.15. The Morgan fingerprint density at radius 1 is 1.05 bits per heavy atom. The minimum Gasteiger partial charge on any atom is -0.478 e. The van der Waals surface area contributed by atoms with Crippen LogP contribution in [0.5, 0.6) is 0 Å². The van der Waals surface area contributed by atoms with Gasteiger partial charge in [-0.25, -0.2) is 4.79 Å². The summed E-state index contributed by atoms with van der Waals surface area (Å²) in [5, 5.41) is 10.3. The van der Waals surface area contributed by atoms with Gasteiger partial charge in [0.15, 0.2) is 5.43 Å². The summed E-state index contributed by atoms with van der Waals surface area (Å²) < 4.78 is 0. The van der Waals surface area contributed by atoms with Gasteiger partial charge in [-0.05, 0) is 24.3 Å². The van der Waals surface area contributed by atoms with E-state index < -0.39 is 5.97 Å². The molecule has 2 aromatic carbocycles. The van der Waals surface area contributed by atoms with Crippen LogP contribution in [0.1, 0.15) is 10.4 Å². The topological polar surface area (TPSA) is 70.2 Å². The van der Waals surface area contributed by atoms with Crippen LogP contribution in [0.3, 0.4) is 0 Å². The number of hydrogen-bond acceptors (Lipinski definition) is 2. The molecule has 2 N–H and O–H groups in total. The molecule has 0 radical (unpaired) electrons. The molecule has 0 amide bonds. The first-order chi connectivity index (χ1) is 9.09. The van der Waals surface area contributed by atoms with Crippen molar-refractivity contribution in [2.45, 2.75) is 0 Å². The van der Waals surface area contributed by atoms with Gasteiger partial charge in [-0.2, -0.15) is 0 Å². The van der Waals surface area contributed by atoms with Crippen LogP contribution in [-0.4, -0.2) is 16.1 Å². The molecular weight excluding hydrogens is 266 g/mol. The minimum absolute atomic E-state index is 0.0522. The summed E-state index contributed by atoms with van der Waals surface area (Å²) in [4.78, 5) is 26.5. The van der Waals surface area contributed by atoms with Crippen LogP contribution >= 0.6 is 11.6 Å². The summed E-state index contributed by atoms with van der Waals surface area (Å²) in [6.07, 6.45) is 0. The Kier molecular flexibility index (Phi) is 2.54.